The Bertz CT molecular complexity index is 1120. The average molecular weight is 524 g/mol. The minimum atomic E-state index is -0.884. The summed E-state index contributed by atoms with van der Waals surface area (Å²) in [5.74, 6) is -1.74. The SMILES string of the molecule is CCCCCCN1CC(OC(=O)c2cc(F)co2)N(c2nc3cc(CBr)ccc3s2)C1=O. The maximum absolute atomic E-state index is 13.3. The third-order valence-electron chi connectivity index (χ3n) is 5.24. The van der Waals surface area contributed by atoms with Crippen molar-refractivity contribution in [2.75, 3.05) is 18.0 Å². The number of hydrogen-bond donors (Lipinski definition) is 0. The van der Waals surface area contributed by atoms with Gasteiger partial charge >= 0.3 is 12.0 Å². The summed E-state index contributed by atoms with van der Waals surface area (Å²) in [7, 11) is 0. The van der Waals surface area contributed by atoms with E-state index in [0.717, 1.165) is 53.8 Å². The zero-order valence-electron chi connectivity index (χ0n) is 17.6. The van der Waals surface area contributed by atoms with Gasteiger partial charge in [-0.15, -0.1) is 0 Å². The Morgan fingerprint density at radius 1 is 1.34 bits per heavy atom. The average Bonchev–Trinajstić information content (AvgIpc) is 3.47. The van der Waals surface area contributed by atoms with Crippen LogP contribution in [0.25, 0.3) is 10.2 Å². The Kier molecular flexibility index (Phi) is 7.10. The lowest BCUT2D eigenvalue weighted by atomic mass is 10.2. The zero-order chi connectivity index (χ0) is 22.7. The molecule has 32 heavy (non-hydrogen) atoms. The van der Waals surface area contributed by atoms with E-state index >= 15 is 0 Å². The van der Waals surface area contributed by atoms with Crippen LogP contribution in [-0.4, -0.2) is 41.2 Å². The van der Waals surface area contributed by atoms with Crippen molar-refractivity contribution >= 4 is 54.6 Å². The molecule has 1 saturated heterocycles. The number of unbranched alkanes of at least 4 members (excludes halogenated alkanes) is 3. The second-order valence-electron chi connectivity index (χ2n) is 7.58. The summed E-state index contributed by atoms with van der Waals surface area (Å²) in [5.41, 5.74) is 1.84. The van der Waals surface area contributed by atoms with E-state index in [0.29, 0.717) is 17.0 Å². The molecule has 2 aromatic heterocycles. The molecule has 10 heteroatoms. The topological polar surface area (TPSA) is 75.9 Å². The fraction of sp³-hybridized carbons (Fsp3) is 0.409. The van der Waals surface area contributed by atoms with Crippen LogP contribution in [0.1, 0.15) is 48.7 Å². The number of carbonyl (C=O) groups excluding carboxylic acids is 2. The molecule has 2 amide bonds. The molecule has 3 aromatic rings. The molecule has 3 heterocycles. The van der Waals surface area contributed by atoms with Gasteiger partial charge in [-0.1, -0.05) is 59.5 Å². The number of aromatic nitrogens is 1. The molecular formula is C22H23BrFN3O4S. The Morgan fingerprint density at radius 3 is 2.91 bits per heavy atom. The van der Waals surface area contributed by atoms with Gasteiger partial charge in [-0.25, -0.2) is 23.9 Å². The van der Waals surface area contributed by atoms with E-state index in [2.05, 4.69) is 27.8 Å². The normalized spacial score (nSPS) is 16.3. The molecule has 1 fully saturated rings. The highest BCUT2D eigenvalue weighted by molar-refractivity contribution is 9.08. The summed E-state index contributed by atoms with van der Waals surface area (Å²) in [6.07, 6.45) is 4.04. The highest BCUT2D eigenvalue weighted by Gasteiger charge is 2.42. The summed E-state index contributed by atoms with van der Waals surface area (Å²) in [6.45, 7) is 2.91. The Morgan fingerprint density at radius 2 is 2.19 bits per heavy atom. The molecule has 0 spiro atoms. The first-order valence-corrected chi connectivity index (χ1v) is 12.4. The number of furan rings is 1. The largest absolute Gasteiger partial charge is 0.454 e. The number of esters is 1. The molecule has 0 radical (unpaired) electrons. The number of anilines is 1. The first kappa shape index (κ1) is 22.7. The van der Waals surface area contributed by atoms with E-state index in [9.17, 15) is 14.0 Å². The molecule has 0 bridgehead atoms. The number of ether oxygens (including phenoxy) is 1. The predicted octanol–water partition coefficient (Wildman–Crippen LogP) is 5.93. The number of hydrogen-bond acceptors (Lipinski definition) is 6. The molecule has 1 aliphatic heterocycles. The smallest absolute Gasteiger partial charge is 0.376 e. The molecule has 0 saturated carbocycles. The Hall–Kier alpha value is -2.46. The number of thiazole rings is 1. The fourth-order valence-corrected chi connectivity index (χ4v) is 4.91. The van der Waals surface area contributed by atoms with Crippen molar-refractivity contribution < 1.29 is 23.1 Å². The zero-order valence-corrected chi connectivity index (χ0v) is 20.0. The number of urea groups is 1. The van der Waals surface area contributed by atoms with Crippen LogP contribution in [-0.2, 0) is 10.1 Å². The lowest BCUT2D eigenvalue weighted by molar-refractivity contribution is 0.0290. The van der Waals surface area contributed by atoms with E-state index in [1.807, 2.05) is 18.2 Å². The molecule has 1 atom stereocenters. The first-order chi connectivity index (χ1) is 15.5. The standard InChI is InChI=1S/C22H23BrFN3O4S/c1-2-3-4-5-8-26-12-19(31-20(28)17-10-15(24)13-30-17)27(22(26)29)21-25-16-9-14(11-23)6-7-18(16)32-21/h6-7,9-10,13,19H,2-5,8,11-12H2,1H3. The number of alkyl halides is 1. The third kappa shape index (κ3) is 4.80. The third-order valence-corrected chi connectivity index (χ3v) is 6.92. The van der Waals surface area contributed by atoms with Crippen LogP contribution >= 0.6 is 27.3 Å². The van der Waals surface area contributed by atoms with E-state index in [1.165, 1.54) is 16.2 Å². The van der Waals surface area contributed by atoms with Crippen molar-refractivity contribution in [3.63, 3.8) is 0 Å². The molecule has 1 aliphatic rings. The quantitative estimate of drug-likeness (QED) is 0.197. The summed E-state index contributed by atoms with van der Waals surface area (Å²) in [4.78, 5) is 33.5. The number of amides is 2. The van der Waals surface area contributed by atoms with Crippen molar-refractivity contribution in [1.82, 2.24) is 9.88 Å². The van der Waals surface area contributed by atoms with Crippen molar-refractivity contribution in [3.05, 3.63) is 47.7 Å². The van der Waals surface area contributed by atoms with Gasteiger partial charge in [0.15, 0.2) is 10.9 Å². The number of halogens is 2. The molecule has 1 aromatic carbocycles. The van der Waals surface area contributed by atoms with Gasteiger partial charge < -0.3 is 14.1 Å². The van der Waals surface area contributed by atoms with Gasteiger partial charge in [0.2, 0.25) is 12.0 Å². The summed E-state index contributed by atoms with van der Waals surface area (Å²) in [6, 6.07) is 6.62. The fourth-order valence-electron chi connectivity index (χ4n) is 3.58. The summed E-state index contributed by atoms with van der Waals surface area (Å²) >= 11 is 4.80. The number of fused-ring (bicyclic) bond motifs is 1. The molecule has 4 rings (SSSR count). The lowest BCUT2D eigenvalue weighted by Crippen LogP contribution is -2.37. The van der Waals surface area contributed by atoms with Crippen LogP contribution in [0.4, 0.5) is 14.3 Å². The Balaban J connectivity index is 1.59. The van der Waals surface area contributed by atoms with Crippen LogP contribution < -0.4 is 4.90 Å². The number of nitrogens with zero attached hydrogens (tertiary/aromatic N) is 3. The van der Waals surface area contributed by atoms with Crippen molar-refractivity contribution in [3.8, 4) is 0 Å². The van der Waals surface area contributed by atoms with Gasteiger partial charge in [-0.05, 0) is 24.1 Å². The minimum Gasteiger partial charge on any atom is -0.454 e. The van der Waals surface area contributed by atoms with Gasteiger partial charge in [0.1, 0.15) is 6.26 Å². The van der Waals surface area contributed by atoms with Crippen molar-refractivity contribution in [1.29, 1.82) is 0 Å². The van der Waals surface area contributed by atoms with E-state index in [-0.39, 0.29) is 18.3 Å². The van der Waals surface area contributed by atoms with Gasteiger partial charge in [0.05, 0.1) is 16.8 Å². The molecular weight excluding hydrogens is 501 g/mol. The van der Waals surface area contributed by atoms with E-state index < -0.39 is 18.0 Å². The first-order valence-electron chi connectivity index (χ1n) is 10.5. The maximum Gasteiger partial charge on any atom is 0.376 e. The highest BCUT2D eigenvalue weighted by atomic mass is 79.9. The van der Waals surface area contributed by atoms with E-state index in [4.69, 9.17) is 9.15 Å². The predicted molar refractivity (Wildman–Crippen MR) is 124 cm³/mol. The maximum atomic E-state index is 13.3. The number of carbonyl (C=O) groups is 2. The summed E-state index contributed by atoms with van der Waals surface area (Å²) in [5, 5.41) is 1.15. The lowest BCUT2D eigenvalue weighted by Gasteiger charge is -2.19. The minimum absolute atomic E-state index is 0.211. The van der Waals surface area contributed by atoms with Gasteiger partial charge in [0, 0.05) is 17.9 Å². The monoisotopic (exact) mass is 523 g/mol. The molecule has 7 nitrogen and oxygen atoms in total. The van der Waals surface area contributed by atoms with Crippen molar-refractivity contribution in [2.45, 2.75) is 44.2 Å². The number of rotatable bonds is 9. The van der Waals surface area contributed by atoms with Crippen LogP contribution in [0.3, 0.4) is 0 Å². The van der Waals surface area contributed by atoms with Crippen molar-refractivity contribution in [2.24, 2.45) is 0 Å². The summed E-state index contributed by atoms with van der Waals surface area (Å²) < 4.78 is 24.7. The van der Waals surface area contributed by atoms with Crippen LogP contribution in [0.2, 0.25) is 0 Å². The van der Waals surface area contributed by atoms with Crippen LogP contribution in [0, 0.1) is 5.82 Å². The molecule has 0 aliphatic carbocycles. The molecule has 1 unspecified atom stereocenters. The molecule has 0 N–H and O–H groups in total. The van der Waals surface area contributed by atoms with E-state index in [1.54, 1.807) is 4.90 Å². The number of benzene rings is 1. The van der Waals surface area contributed by atoms with Gasteiger partial charge in [-0.2, -0.15) is 0 Å². The second kappa shape index (κ2) is 9.99. The van der Waals surface area contributed by atoms with Crippen LogP contribution in [0.15, 0.2) is 34.9 Å². The second-order valence-corrected chi connectivity index (χ2v) is 9.15. The highest BCUT2D eigenvalue weighted by Crippen LogP contribution is 2.34. The van der Waals surface area contributed by atoms with Crippen LogP contribution in [0.5, 0.6) is 0 Å². The molecule has 170 valence electrons. The van der Waals surface area contributed by atoms with Gasteiger partial charge in [0.25, 0.3) is 0 Å². The van der Waals surface area contributed by atoms with Gasteiger partial charge in [-0.3, -0.25) is 0 Å². The Labute approximate surface area is 197 Å².